The SMILES string of the molecule is O=C([O-])c1c(S(=O)(=O)C(F)(F)F)cnn1-c1c(Cl)cc(C(F)(F)F)cc1Cl.[Na+]. The van der Waals surface area contributed by atoms with Gasteiger partial charge < -0.3 is 9.90 Å². The number of carboxylic acid groups (broad SMARTS) is 1. The van der Waals surface area contributed by atoms with Crippen LogP contribution >= 0.6 is 23.2 Å². The Hall–Kier alpha value is -0.990. The number of hydrogen-bond acceptors (Lipinski definition) is 5. The van der Waals surface area contributed by atoms with Gasteiger partial charge in [-0.05, 0) is 12.1 Å². The second kappa shape index (κ2) is 8.03. The molecule has 1 aromatic carbocycles. The number of aromatic carboxylic acids is 1. The summed E-state index contributed by atoms with van der Waals surface area (Å²) in [5, 5.41) is 12.7. The summed E-state index contributed by atoms with van der Waals surface area (Å²) in [6.45, 7) is 0. The predicted molar refractivity (Wildman–Crippen MR) is 76.2 cm³/mol. The van der Waals surface area contributed by atoms with Gasteiger partial charge in [0.15, 0.2) is 0 Å². The summed E-state index contributed by atoms with van der Waals surface area (Å²) in [6, 6.07) is 0.614. The van der Waals surface area contributed by atoms with Crippen molar-refractivity contribution in [3.05, 3.63) is 39.6 Å². The average molecular weight is 479 g/mol. The Morgan fingerprint density at radius 3 is 1.89 bits per heavy atom. The maximum atomic E-state index is 12.7. The Morgan fingerprint density at radius 1 is 1.07 bits per heavy atom. The molecule has 2 rings (SSSR count). The van der Waals surface area contributed by atoms with E-state index in [0.717, 1.165) is 0 Å². The summed E-state index contributed by atoms with van der Waals surface area (Å²) in [5.41, 5.74) is -9.62. The molecule has 0 N–H and O–H groups in total. The molecule has 148 valence electrons. The van der Waals surface area contributed by atoms with Gasteiger partial charge in [0.25, 0.3) is 9.84 Å². The van der Waals surface area contributed by atoms with E-state index in [1.54, 1.807) is 0 Å². The van der Waals surface area contributed by atoms with Crippen LogP contribution in [0.15, 0.2) is 23.2 Å². The van der Waals surface area contributed by atoms with Crippen molar-refractivity contribution in [3.63, 3.8) is 0 Å². The van der Waals surface area contributed by atoms with E-state index in [1.165, 1.54) is 0 Å². The molecule has 16 heteroatoms. The van der Waals surface area contributed by atoms with E-state index >= 15 is 0 Å². The predicted octanol–water partition coefficient (Wildman–Crippen LogP) is -0.141. The minimum Gasteiger partial charge on any atom is -0.543 e. The van der Waals surface area contributed by atoms with Crippen LogP contribution in [0, 0.1) is 0 Å². The first-order chi connectivity index (χ1) is 12.1. The second-order valence-electron chi connectivity index (χ2n) is 4.79. The van der Waals surface area contributed by atoms with Gasteiger partial charge in [-0.25, -0.2) is 13.1 Å². The fourth-order valence-corrected chi connectivity index (χ4v) is 3.45. The van der Waals surface area contributed by atoms with Crippen LogP contribution in [-0.2, 0) is 16.0 Å². The fraction of sp³-hybridized carbons (Fsp3) is 0.167. The molecule has 0 radical (unpaired) electrons. The van der Waals surface area contributed by atoms with Gasteiger partial charge in [-0.1, -0.05) is 23.2 Å². The minimum atomic E-state index is -6.17. The average Bonchev–Trinajstić information content (AvgIpc) is 2.89. The largest absolute Gasteiger partial charge is 1.00 e. The van der Waals surface area contributed by atoms with Crippen molar-refractivity contribution in [3.8, 4) is 5.69 Å². The van der Waals surface area contributed by atoms with Crippen molar-refractivity contribution in [2.24, 2.45) is 0 Å². The van der Waals surface area contributed by atoms with Crippen LogP contribution in [0.5, 0.6) is 0 Å². The molecule has 0 atom stereocenters. The van der Waals surface area contributed by atoms with Crippen LogP contribution in [0.2, 0.25) is 10.0 Å². The van der Waals surface area contributed by atoms with E-state index in [0.29, 0.717) is 12.1 Å². The van der Waals surface area contributed by atoms with Crippen molar-refractivity contribution in [1.82, 2.24) is 9.78 Å². The first-order valence-corrected chi connectivity index (χ1v) is 8.50. The topological polar surface area (TPSA) is 92.1 Å². The first kappa shape index (κ1) is 25.0. The molecule has 1 aromatic heterocycles. The van der Waals surface area contributed by atoms with Crippen LogP contribution in [0.4, 0.5) is 26.3 Å². The Morgan fingerprint density at radius 2 is 1.54 bits per heavy atom. The molecule has 0 bridgehead atoms. The van der Waals surface area contributed by atoms with Crippen molar-refractivity contribution in [2.45, 2.75) is 16.6 Å². The Balaban J connectivity index is 0.00000392. The van der Waals surface area contributed by atoms with Gasteiger partial charge in [0.05, 0.1) is 27.8 Å². The number of nitrogens with zero attached hydrogens (tertiary/aromatic N) is 2. The minimum absolute atomic E-state index is 0. The van der Waals surface area contributed by atoms with Gasteiger partial charge in [-0.15, -0.1) is 0 Å². The number of carbonyl (C=O) groups excluding carboxylic acids is 1. The Kier molecular flexibility index (Phi) is 7.18. The summed E-state index contributed by atoms with van der Waals surface area (Å²) in [4.78, 5) is 9.44. The maximum Gasteiger partial charge on any atom is 1.00 e. The zero-order valence-electron chi connectivity index (χ0n) is 13.2. The molecule has 28 heavy (non-hydrogen) atoms. The number of aromatic nitrogens is 2. The molecular weight excluding hydrogens is 476 g/mol. The molecule has 0 saturated heterocycles. The van der Waals surface area contributed by atoms with Gasteiger partial charge in [-0.3, -0.25) is 0 Å². The molecule has 0 amide bonds. The molecule has 0 aliphatic rings. The fourth-order valence-electron chi connectivity index (χ4n) is 1.94. The number of sulfone groups is 1. The quantitative estimate of drug-likeness (QED) is 0.452. The molecule has 1 heterocycles. The maximum absolute atomic E-state index is 12.7. The van der Waals surface area contributed by atoms with Crippen molar-refractivity contribution < 1.29 is 74.2 Å². The van der Waals surface area contributed by atoms with E-state index in [9.17, 15) is 44.7 Å². The van der Waals surface area contributed by atoms with E-state index < -0.39 is 59.4 Å². The van der Waals surface area contributed by atoms with Gasteiger partial charge in [0.2, 0.25) is 0 Å². The van der Waals surface area contributed by atoms with Crippen molar-refractivity contribution in [1.29, 1.82) is 0 Å². The molecular formula is C12H3Cl2F6N2NaO4S. The zero-order valence-corrected chi connectivity index (χ0v) is 17.5. The van der Waals surface area contributed by atoms with E-state index in [-0.39, 0.29) is 40.4 Å². The monoisotopic (exact) mass is 478 g/mol. The Labute approximate surface area is 184 Å². The number of carboxylic acids is 1. The van der Waals surface area contributed by atoms with E-state index in [4.69, 9.17) is 23.2 Å². The van der Waals surface area contributed by atoms with E-state index in [1.807, 2.05) is 0 Å². The molecule has 6 nitrogen and oxygen atoms in total. The number of carbonyl (C=O) groups is 1. The van der Waals surface area contributed by atoms with Crippen molar-refractivity contribution in [2.75, 3.05) is 0 Å². The standard InChI is InChI=1S/C12H4Cl2F6N2O4S.Na/c13-5-1-4(11(15,16)17)2-6(14)8(5)22-9(10(23)24)7(3-21-22)27(25,26)12(18,19)20;/h1-3H,(H,23,24);/q;+1/p-1. The van der Waals surface area contributed by atoms with E-state index in [2.05, 4.69) is 5.10 Å². The zero-order chi connectivity index (χ0) is 20.9. The normalized spacial score (nSPS) is 12.6. The third-order valence-electron chi connectivity index (χ3n) is 3.08. The van der Waals surface area contributed by atoms with Crippen LogP contribution in [0.1, 0.15) is 16.1 Å². The van der Waals surface area contributed by atoms with Crippen LogP contribution in [0.25, 0.3) is 5.69 Å². The van der Waals surface area contributed by atoms with Crippen LogP contribution < -0.4 is 34.7 Å². The molecule has 0 aliphatic heterocycles. The molecule has 0 spiro atoms. The second-order valence-corrected chi connectivity index (χ2v) is 7.52. The van der Waals surface area contributed by atoms with Crippen LogP contribution in [-0.4, -0.2) is 29.7 Å². The van der Waals surface area contributed by atoms with Gasteiger partial charge in [0, 0.05) is 0 Å². The number of halogens is 8. The Bertz CT molecular complexity index is 1010. The van der Waals surface area contributed by atoms with Crippen LogP contribution in [0.3, 0.4) is 0 Å². The van der Waals surface area contributed by atoms with Gasteiger partial charge >= 0.3 is 41.2 Å². The number of rotatable bonds is 3. The van der Waals surface area contributed by atoms with Crippen molar-refractivity contribution >= 4 is 39.0 Å². The first-order valence-electron chi connectivity index (χ1n) is 6.26. The summed E-state index contributed by atoms with van der Waals surface area (Å²) in [7, 11) is -6.17. The summed E-state index contributed by atoms with van der Waals surface area (Å²) in [5.74, 6) is -2.41. The summed E-state index contributed by atoms with van der Waals surface area (Å²) in [6.07, 6.45) is -4.85. The molecule has 0 saturated carbocycles. The number of hydrogen-bond donors (Lipinski definition) is 0. The number of benzene rings is 1. The molecule has 0 fully saturated rings. The third-order valence-corrected chi connectivity index (χ3v) is 5.14. The molecule has 2 aromatic rings. The molecule has 0 unspecified atom stereocenters. The van der Waals surface area contributed by atoms with Gasteiger partial charge in [0.1, 0.15) is 16.3 Å². The smallest absolute Gasteiger partial charge is 0.543 e. The summed E-state index contributed by atoms with van der Waals surface area (Å²) < 4.78 is 99.3. The molecule has 0 aliphatic carbocycles. The van der Waals surface area contributed by atoms with Gasteiger partial charge in [-0.2, -0.15) is 31.4 Å². The third kappa shape index (κ3) is 4.44. The summed E-state index contributed by atoms with van der Waals surface area (Å²) >= 11 is 11.3. The number of alkyl halides is 6.